The molecule has 7 nitrogen and oxygen atoms in total. The van der Waals surface area contributed by atoms with Crippen LogP contribution in [0.1, 0.15) is 42.4 Å². The number of carbonyl (C=O) groups excluding carboxylic acids is 2. The molecule has 0 bridgehead atoms. The van der Waals surface area contributed by atoms with E-state index in [0.29, 0.717) is 21.0 Å². The fourth-order valence-corrected chi connectivity index (χ4v) is 6.40. The van der Waals surface area contributed by atoms with Crippen LogP contribution in [0.2, 0.25) is 10.0 Å². The van der Waals surface area contributed by atoms with E-state index in [9.17, 15) is 31.2 Å². The molecule has 4 rings (SSSR count). The van der Waals surface area contributed by atoms with Gasteiger partial charge >= 0.3 is 6.18 Å². The Bertz CT molecular complexity index is 1570. The van der Waals surface area contributed by atoms with Crippen molar-refractivity contribution in [3.8, 4) is 0 Å². The summed E-state index contributed by atoms with van der Waals surface area (Å²) in [4.78, 5) is 29.3. The van der Waals surface area contributed by atoms with Gasteiger partial charge in [-0.05, 0) is 54.3 Å². The second kappa shape index (κ2) is 14.2. The van der Waals surface area contributed by atoms with E-state index >= 15 is 0 Å². The van der Waals surface area contributed by atoms with Crippen LogP contribution in [0.3, 0.4) is 0 Å². The lowest BCUT2D eigenvalue weighted by Gasteiger charge is -2.34. The molecule has 44 heavy (non-hydrogen) atoms. The lowest BCUT2D eigenvalue weighted by molar-refractivity contribution is -0.140. The number of carbonyl (C=O) groups is 2. The molecule has 0 heterocycles. The van der Waals surface area contributed by atoms with Crippen LogP contribution in [0, 0.1) is 0 Å². The first kappa shape index (κ1) is 33.6. The first-order chi connectivity index (χ1) is 20.7. The fourth-order valence-electron chi connectivity index (χ4n) is 5.21. The molecule has 1 N–H and O–H groups in total. The molecular weight excluding hydrogens is 638 g/mol. The van der Waals surface area contributed by atoms with Crippen LogP contribution < -0.4 is 9.62 Å². The van der Waals surface area contributed by atoms with Crippen LogP contribution in [0.5, 0.6) is 0 Å². The molecule has 0 radical (unpaired) electrons. The van der Waals surface area contributed by atoms with Gasteiger partial charge in [-0.1, -0.05) is 78.5 Å². The van der Waals surface area contributed by atoms with E-state index in [2.05, 4.69) is 5.32 Å². The number of nitrogens with zero attached hydrogens (tertiary/aromatic N) is 2. The molecule has 236 valence electrons. The van der Waals surface area contributed by atoms with Crippen LogP contribution in [0.15, 0.2) is 72.8 Å². The highest BCUT2D eigenvalue weighted by Gasteiger charge is 2.37. The van der Waals surface area contributed by atoms with Crippen molar-refractivity contribution in [2.75, 3.05) is 17.1 Å². The largest absolute Gasteiger partial charge is 0.417 e. The third-order valence-electron chi connectivity index (χ3n) is 7.46. The van der Waals surface area contributed by atoms with Crippen LogP contribution in [-0.4, -0.2) is 50.0 Å². The zero-order valence-corrected chi connectivity index (χ0v) is 26.2. The average Bonchev–Trinajstić information content (AvgIpc) is 3.47. The Morgan fingerprint density at radius 1 is 0.955 bits per heavy atom. The van der Waals surface area contributed by atoms with Crippen LogP contribution in [-0.2, 0) is 38.8 Å². The fraction of sp³-hybridized carbons (Fsp3) is 0.355. The minimum Gasteiger partial charge on any atom is -0.352 e. The van der Waals surface area contributed by atoms with E-state index < -0.39 is 51.2 Å². The topological polar surface area (TPSA) is 86.8 Å². The molecule has 0 saturated heterocycles. The Morgan fingerprint density at radius 2 is 1.59 bits per heavy atom. The summed E-state index contributed by atoms with van der Waals surface area (Å²) < 4.78 is 67.3. The number of anilines is 1. The number of alkyl halides is 3. The molecule has 2 amide bonds. The lowest BCUT2D eigenvalue weighted by Crippen LogP contribution is -2.54. The van der Waals surface area contributed by atoms with Crippen molar-refractivity contribution in [2.45, 2.75) is 56.9 Å². The number of hydrogen-bond donors (Lipinski definition) is 1. The molecule has 0 unspecified atom stereocenters. The van der Waals surface area contributed by atoms with E-state index in [1.165, 1.54) is 4.90 Å². The smallest absolute Gasteiger partial charge is 0.352 e. The molecular formula is C31H32Cl2F3N3O4S. The Kier molecular flexibility index (Phi) is 10.9. The normalized spacial score (nSPS) is 14.7. The van der Waals surface area contributed by atoms with Gasteiger partial charge in [0, 0.05) is 24.0 Å². The number of amides is 2. The van der Waals surface area contributed by atoms with Crippen molar-refractivity contribution in [2.24, 2.45) is 0 Å². The van der Waals surface area contributed by atoms with E-state index in [1.54, 1.807) is 36.4 Å². The summed E-state index contributed by atoms with van der Waals surface area (Å²) in [7, 11) is -4.27. The molecule has 1 atom stereocenters. The van der Waals surface area contributed by atoms with E-state index in [-0.39, 0.29) is 24.7 Å². The van der Waals surface area contributed by atoms with Gasteiger partial charge in [0.2, 0.25) is 21.8 Å². The first-order valence-corrected chi connectivity index (χ1v) is 16.6. The Morgan fingerprint density at radius 3 is 2.18 bits per heavy atom. The number of halogens is 5. The van der Waals surface area contributed by atoms with Crippen molar-refractivity contribution in [1.82, 2.24) is 10.2 Å². The van der Waals surface area contributed by atoms with Crippen LogP contribution in [0.25, 0.3) is 0 Å². The van der Waals surface area contributed by atoms with Crippen molar-refractivity contribution in [3.05, 3.63) is 99.5 Å². The van der Waals surface area contributed by atoms with Gasteiger partial charge in [-0.25, -0.2) is 8.42 Å². The predicted molar refractivity (Wildman–Crippen MR) is 165 cm³/mol. The lowest BCUT2D eigenvalue weighted by atomic mass is 10.0. The van der Waals surface area contributed by atoms with Crippen molar-refractivity contribution in [3.63, 3.8) is 0 Å². The van der Waals surface area contributed by atoms with Gasteiger partial charge in [0.1, 0.15) is 12.6 Å². The third-order valence-corrected chi connectivity index (χ3v) is 9.18. The maximum atomic E-state index is 14.1. The van der Waals surface area contributed by atoms with Gasteiger partial charge < -0.3 is 10.2 Å². The molecule has 3 aromatic carbocycles. The monoisotopic (exact) mass is 669 g/mol. The van der Waals surface area contributed by atoms with E-state index in [0.717, 1.165) is 49.6 Å². The highest BCUT2D eigenvalue weighted by molar-refractivity contribution is 7.92. The second-order valence-corrected chi connectivity index (χ2v) is 13.5. The first-order valence-electron chi connectivity index (χ1n) is 13.9. The highest BCUT2D eigenvalue weighted by Crippen LogP contribution is 2.37. The predicted octanol–water partition coefficient (Wildman–Crippen LogP) is 6.48. The molecule has 0 aliphatic heterocycles. The minimum absolute atomic E-state index is 0.0596. The molecule has 1 fully saturated rings. The van der Waals surface area contributed by atoms with E-state index in [1.807, 2.05) is 18.2 Å². The molecule has 1 saturated carbocycles. The Labute approximate surface area is 265 Å². The third kappa shape index (κ3) is 8.89. The molecule has 1 aliphatic carbocycles. The summed E-state index contributed by atoms with van der Waals surface area (Å²) >= 11 is 11.8. The number of sulfonamides is 1. The maximum Gasteiger partial charge on any atom is 0.417 e. The van der Waals surface area contributed by atoms with Gasteiger partial charge in [0.25, 0.3) is 0 Å². The average molecular weight is 671 g/mol. The molecule has 3 aromatic rings. The quantitative estimate of drug-likeness (QED) is 0.253. The van der Waals surface area contributed by atoms with E-state index in [4.69, 9.17) is 23.2 Å². The minimum atomic E-state index is -4.86. The van der Waals surface area contributed by atoms with Crippen molar-refractivity contribution in [1.29, 1.82) is 0 Å². The van der Waals surface area contributed by atoms with Crippen molar-refractivity contribution >= 4 is 50.7 Å². The number of rotatable bonds is 11. The molecule has 1 aliphatic rings. The second-order valence-electron chi connectivity index (χ2n) is 10.8. The van der Waals surface area contributed by atoms with Gasteiger partial charge in [0.05, 0.1) is 22.5 Å². The van der Waals surface area contributed by atoms with Gasteiger partial charge in [-0.3, -0.25) is 13.9 Å². The number of nitrogens with one attached hydrogen (secondary N) is 1. The summed E-state index contributed by atoms with van der Waals surface area (Å²) in [6, 6.07) is 17.2. The van der Waals surface area contributed by atoms with Gasteiger partial charge in [-0.15, -0.1) is 0 Å². The van der Waals surface area contributed by atoms with Gasteiger partial charge in [0.15, 0.2) is 0 Å². The molecule has 13 heteroatoms. The van der Waals surface area contributed by atoms with Crippen LogP contribution >= 0.6 is 23.2 Å². The van der Waals surface area contributed by atoms with Gasteiger partial charge in [-0.2, -0.15) is 13.2 Å². The zero-order chi connectivity index (χ0) is 32.1. The Balaban J connectivity index is 1.75. The summed E-state index contributed by atoms with van der Waals surface area (Å²) in [6.45, 7) is -0.940. The zero-order valence-electron chi connectivity index (χ0n) is 23.9. The molecule has 0 spiro atoms. The standard InChI is InChI=1S/C31H32Cl2F3N3O4S/c1-44(42,43)39(25-15-16-27(33)26(18-25)31(34,35)36)20-29(40)38(19-22-11-13-23(32)14-12-22)28(17-21-7-3-2-4-8-21)30(41)37-24-9-5-6-10-24/h2-4,7-8,11-16,18,24,28H,5-6,9-10,17,19-20H2,1H3,(H,37,41)/t28-/m0/s1. The summed E-state index contributed by atoms with van der Waals surface area (Å²) in [5.41, 5.74) is -0.251. The summed E-state index contributed by atoms with van der Waals surface area (Å²) in [5, 5.41) is 2.89. The number of hydrogen-bond acceptors (Lipinski definition) is 4. The van der Waals surface area contributed by atoms with Crippen molar-refractivity contribution < 1.29 is 31.2 Å². The number of benzene rings is 3. The summed E-state index contributed by atoms with van der Waals surface area (Å²) in [6.07, 6.45) is -0.418. The summed E-state index contributed by atoms with van der Waals surface area (Å²) in [5.74, 6) is -1.18. The highest BCUT2D eigenvalue weighted by atomic mass is 35.5. The Hall–Kier alpha value is -3.28. The maximum absolute atomic E-state index is 14.1. The SMILES string of the molecule is CS(=O)(=O)N(CC(=O)N(Cc1ccc(Cl)cc1)[C@@H](Cc1ccccc1)C(=O)NC1CCCC1)c1ccc(Cl)c(C(F)(F)F)c1. The molecule has 0 aromatic heterocycles. The van der Waals surface area contributed by atoms with Crippen LogP contribution in [0.4, 0.5) is 18.9 Å².